The van der Waals surface area contributed by atoms with Crippen molar-refractivity contribution in [1.29, 1.82) is 0 Å². The van der Waals surface area contributed by atoms with Gasteiger partial charge in [-0.05, 0) is 43.3 Å². The molecule has 1 N–H and O–H groups in total. The number of ether oxygens (including phenoxy) is 1. The number of rotatable bonds is 4. The summed E-state index contributed by atoms with van der Waals surface area (Å²) in [5.74, 6) is 0.603. The van der Waals surface area contributed by atoms with Gasteiger partial charge in [0, 0.05) is 11.1 Å². The molecule has 0 aliphatic carbocycles. The molecule has 1 aromatic heterocycles. The molecular weight excluding hydrogens is 312 g/mol. The predicted octanol–water partition coefficient (Wildman–Crippen LogP) is 3.35. The second kappa shape index (κ2) is 5.89. The Labute approximate surface area is 135 Å². The smallest absolute Gasteiger partial charge is 0.261 e. The van der Waals surface area contributed by atoms with E-state index in [9.17, 15) is 8.42 Å². The van der Waals surface area contributed by atoms with Crippen LogP contribution in [0, 0.1) is 6.92 Å². The molecule has 0 unspecified atom stereocenters. The monoisotopic (exact) mass is 328 g/mol. The van der Waals surface area contributed by atoms with Crippen molar-refractivity contribution in [2.24, 2.45) is 0 Å². The molecule has 2 aromatic carbocycles. The normalized spacial score (nSPS) is 11.4. The number of pyridine rings is 1. The van der Waals surface area contributed by atoms with E-state index in [2.05, 4.69) is 9.71 Å². The number of aryl methyl sites for hydroxylation is 1. The molecule has 0 saturated heterocycles. The molecule has 0 spiro atoms. The van der Waals surface area contributed by atoms with Gasteiger partial charge in [-0.1, -0.05) is 18.2 Å². The van der Waals surface area contributed by atoms with E-state index in [4.69, 9.17) is 4.74 Å². The first kappa shape index (κ1) is 15.3. The predicted molar refractivity (Wildman–Crippen MR) is 90.3 cm³/mol. The van der Waals surface area contributed by atoms with Crippen LogP contribution in [0.1, 0.15) is 5.69 Å². The van der Waals surface area contributed by atoms with Crippen LogP contribution >= 0.6 is 0 Å². The maximum Gasteiger partial charge on any atom is 0.261 e. The van der Waals surface area contributed by atoms with Crippen LogP contribution in [0.15, 0.2) is 59.5 Å². The maximum absolute atomic E-state index is 12.6. The fourth-order valence-corrected chi connectivity index (χ4v) is 3.35. The van der Waals surface area contributed by atoms with Crippen LogP contribution in [0.3, 0.4) is 0 Å². The minimum Gasteiger partial charge on any atom is -0.497 e. The number of nitrogens with one attached hydrogen (secondary N) is 1. The van der Waals surface area contributed by atoms with Crippen LogP contribution in [0.2, 0.25) is 0 Å². The van der Waals surface area contributed by atoms with Gasteiger partial charge in [-0.15, -0.1) is 0 Å². The second-order valence-corrected chi connectivity index (χ2v) is 6.79. The standard InChI is InChI=1S/C17H16N2O3S/c1-12-6-7-13-4-3-5-16(17(13)18-12)19-23(20,21)15-10-8-14(22-2)9-11-15/h3-11,19H,1-2H3. The molecule has 0 atom stereocenters. The van der Waals surface area contributed by atoms with Gasteiger partial charge in [0.25, 0.3) is 10.0 Å². The first-order chi connectivity index (χ1) is 11.0. The third-order valence-corrected chi connectivity index (χ3v) is 4.85. The van der Waals surface area contributed by atoms with Crippen molar-refractivity contribution in [3.63, 3.8) is 0 Å². The lowest BCUT2D eigenvalue weighted by Gasteiger charge is -2.11. The Morgan fingerprint density at radius 1 is 1.00 bits per heavy atom. The summed E-state index contributed by atoms with van der Waals surface area (Å²) < 4.78 is 32.8. The fraction of sp³-hybridized carbons (Fsp3) is 0.118. The summed E-state index contributed by atoms with van der Waals surface area (Å²) in [6.07, 6.45) is 0. The van der Waals surface area contributed by atoms with E-state index in [0.717, 1.165) is 11.1 Å². The summed E-state index contributed by atoms with van der Waals surface area (Å²) in [7, 11) is -2.15. The lowest BCUT2D eigenvalue weighted by molar-refractivity contribution is 0.414. The fourth-order valence-electron chi connectivity index (χ4n) is 2.29. The molecule has 3 rings (SSSR count). The number of sulfonamides is 1. The lowest BCUT2D eigenvalue weighted by Crippen LogP contribution is -2.13. The van der Waals surface area contributed by atoms with Crippen molar-refractivity contribution in [1.82, 2.24) is 4.98 Å². The van der Waals surface area contributed by atoms with Crippen LogP contribution in [0.25, 0.3) is 10.9 Å². The highest BCUT2D eigenvalue weighted by atomic mass is 32.2. The average molecular weight is 328 g/mol. The van der Waals surface area contributed by atoms with Crippen LogP contribution in [0.5, 0.6) is 5.75 Å². The van der Waals surface area contributed by atoms with Gasteiger partial charge in [0.1, 0.15) is 5.75 Å². The zero-order chi connectivity index (χ0) is 16.4. The molecule has 0 saturated carbocycles. The first-order valence-electron chi connectivity index (χ1n) is 7.03. The molecule has 0 aliphatic rings. The van der Waals surface area contributed by atoms with Crippen LogP contribution in [-0.2, 0) is 10.0 Å². The van der Waals surface area contributed by atoms with Crippen molar-refractivity contribution in [2.45, 2.75) is 11.8 Å². The first-order valence-corrected chi connectivity index (χ1v) is 8.51. The van der Waals surface area contributed by atoms with Gasteiger partial charge in [-0.2, -0.15) is 0 Å². The van der Waals surface area contributed by atoms with E-state index in [1.807, 2.05) is 25.1 Å². The van der Waals surface area contributed by atoms with E-state index in [0.29, 0.717) is 17.0 Å². The van der Waals surface area contributed by atoms with Crippen molar-refractivity contribution >= 4 is 26.6 Å². The zero-order valence-electron chi connectivity index (χ0n) is 12.8. The molecule has 0 amide bonds. The molecular formula is C17H16N2O3S. The van der Waals surface area contributed by atoms with Crippen molar-refractivity contribution in [3.8, 4) is 5.75 Å². The molecule has 6 heteroatoms. The largest absolute Gasteiger partial charge is 0.497 e. The number of benzene rings is 2. The Morgan fingerprint density at radius 3 is 2.43 bits per heavy atom. The Bertz CT molecular complexity index is 951. The summed E-state index contributed by atoms with van der Waals surface area (Å²) in [4.78, 5) is 4.60. The van der Waals surface area contributed by atoms with E-state index in [1.165, 1.54) is 19.2 Å². The quantitative estimate of drug-likeness (QED) is 0.797. The Morgan fingerprint density at radius 2 is 1.74 bits per heavy atom. The molecule has 1 heterocycles. The van der Waals surface area contributed by atoms with Crippen LogP contribution < -0.4 is 9.46 Å². The minimum absolute atomic E-state index is 0.169. The SMILES string of the molecule is COc1ccc(S(=O)(=O)Nc2cccc3ccc(C)nc23)cc1. The highest BCUT2D eigenvalue weighted by molar-refractivity contribution is 7.92. The zero-order valence-corrected chi connectivity index (χ0v) is 13.6. The summed E-state index contributed by atoms with van der Waals surface area (Å²) >= 11 is 0. The van der Waals surface area contributed by atoms with Crippen molar-refractivity contribution in [3.05, 3.63) is 60.3 Å². The summed E-state index contributed by atoms with van der Waals surface area (Å²) in [5, 5.41) is 0.880. The van der Waals surface area contributed by atoms with Crippen molar-refractivity contribution < 1.29 is 13.2 Å². The number of hydrogen-bond acceptors (Lipinski definition) is 4. The van der Waals surface area contributed by atoms with E-state index in [-0.39, 0.29) is 4.90 Å². The van der Waals surface area contributed by atoms with Gasteiger partial charge < -0.3 is 4.74 Å². The number of fused-ring (bicyclic) bond motifs is 1. The third-order valence-electron chi connectivity index (χ3n) is 3.47. The molecule has 0 fully saturated rings. The molecule has 118 valence electrons. The summed E-state index contributed by atoms with van der Waals surface area (Å²) in [6, 6.07) is 15.4. The number of nitrogens with zero attached hydrogens (tertiary/aromatic N) is 1. The van der Waals surface area contributed by atoms with Gasteiger partial charge in [0.15, 0.2) is 0 Å². The van der Waals surface area contributed by atoms with Gasteiger partial charge >= 0.3 is 0 Å². The Hall–Kier alpha value is -2.60. The lowest BCUT2D eigenvalue weighted by atomic mass is 10.2. The van der Waals surface area contributed by atoms with E-state index in [1.54, 1.807) is 24.3 Å². The van der Waals surface area contributed by atoms with E-state index < -0.39 is 10.0 Å². The molecule has 23 heavy (non-hydrogen) atoms. The average Bonchev–Trinajstić information content (AvgIpc) is 2.55. The topological polar surface area (TPSA) is 68.3 Å². The molecule has 0 aliphatic heterocycles. The number of aromatic nitrogens is 1. The highest BCUT2D eigenvalue weighted by Gasteiger charge is 2.16. The number of hydrogen-bond donors (Lipinski definition) is 1. The number of methoxy groups -OCH3 is 1. The third kappa shape index (κ3) is 3.12. The van der Waals surface area contributed by atoms with Crippen LogP contribution in [-0.4, -0.2) is 20.5 Å². The van der Waals surface area contributed by atoms with Gasteiger partial charge in [0.2, 0.25) is 0 Å². The van der Waals surface area contributed by atoms with E-state index >= 15 is 0 Å². The van der Waals surface area contributed by atoms with Crippen molar-refractivity contribution in [2.75, 3.05) is 11.8 Å². The number of para-hydroxylation sites is 1. The van der Waals surface area contributed by atoms with Gasteiger partial charge in [0.05, 0.1) is 23.2 Å². The van der Waals surface area contributed by atoms with Gasteiger partial charge in [-0.3, -0.25) is 9.71 Å². The Kier molecular flexibility index (Phi) is 3.92. The summed E-state index contributed by atoms with van der Waals surface area (Å²) in [5.41, 5.74) is 1.92. The molecule has 3 aromatic rings. The van der Waals surface area contributed by atoms with Gasteiger partial charge in [-0.25, -0.2) is 8.42 Å². The summed E-state index contributed by atoms with van der Waals surface area (Å²) in [6.45, 7) is 1.87. The minimum atomic E-state index is -3.69. The molecule has 0 radical (unpaired) electrons. The Balaban J connectivity index is 2.01. The van der Waals surface area contributed by atoms with Crippen LogP contribution in [0.4, 0.5) is 5.69 Å². The second-order valence-electron chi connectivity index (χ2n) is 5.11. The highest BCUT2D eigenvalue weighted by Crippen LogP contribution is 2.25. The molecule has 0 bridgehead atoms. The maximum atomic E-state index is 12.6. The number of anilines is 1. The molecule has 5 nitrogen and oxygen atoms in total.